The van der Waals surface area contributed by atoms with Crippen LogP contribution >= 0.6 is 0 Å². The van der Waals surface area contributed by atoms with Gasteiger partial charge in [0.2, 0.25) is 5.91 Å². The molecular weight excluding hydrogens is 236 g/mol. The third-order valence-electron chi connectivity index (χ3n) is 3.52. The lowest BCUT2D eigenvalue weighted by Crippen LogP contribution is -2.34. The maximum Gasteiger partial charge on any atom is 0.248 e. The van der Waals surface area contributed by atoms with Crippen LogP contribution in [0.25, 0.3) is 0 Å². The van der Waals surface area contributed by atoms with Gasteiger partial charge in [0, 0.05) is 45.8 Å². The maximum absolute atomic E-state index is 11.4. The number of likely N-dealkylation sites (N-methyl/N-ethyl adjacent to an activating group) is 1. The molecular formula is C12H24N2O4. The number of methoxy groups -OCH3 is 1. The predicted molar refractivity (Wildman–Crippen MR) is 67.1 cm³/mol. The van der Waals surface area contributed by atoms with Crippen LogP contribution in [0.2, 0.25) is 0 Å². The minimum atomic E-state index is -0.454. The maximum atomic E-state index is 11.4. The summed E-state index contributed by atoms with van der Waals surface area (Å²) >= 11 is 0. The van der Waals surface area contributed by atoms with Crippen LogP contribution in [0.5, 0.6) is 0 Å². The van der Waals surface area contributed by atoms with Crippen molar-refractivity contribution in [1.29, 1.82) is 0 Å². The molecule has 0 bridgehead atoms. The highest BCUT2D eigenvalue weighted by atomic mass is 16.5. The van der Waals surface area contributed by atoms with Gasteiger partial charge in [-0.05, 0) is 13.0 Å². The third kappa shape index (κ3) is 4.20. The van der Waals surface area contributed by atoms with Gasteiger partial charge in [0.25, 0.3) is 0 Å². The van der Waals surface area contributed by atoms with Gasteiger partial charge in [0.15, 0.2) is 0 Å². The SMILES string of the molecule is COCCN(C)C[C@@H]1CN(C(=O)CO)C[C@@H]1CO. The summed E-state index contributed by atoms with van der Waals surface area (Å²) < 4.78 is 5.02. The van der Waals surface area contributed by atoms with Crippen LogP contribution in [0.15, 0.2) is 0 Å². The number of rotatable bonds is 7. The average molecular weight is 260 g/mol. The molecule has 0 aromatic carbocycles. The first-order valence-electron chi connectivity index (χ1n) is 6.29. The Morgan fingerprint density at radius 2 is 2.06 bits per heavy atom. The first-order chi connectivity index (χ1) is 8.62. The second kappa shape index (κ2) is 7.68. The van der Waals surface area contributed by atoms with E-state index in [-0.39, 0.29) is 24.3 Å². The molecule has 0 aromatic heterocycles. The van der Waals surface area contributed by atoms with Gasteiger partial charge >= 0.3 is 0 Å². The molecule has 0 spiro atoms. The molecule has 0 saturated carbocycles. The highest BCUT2D eigenvalue weighted by Crippen LogP contribution is 2.23. The van der Waals surface area contributed by atoms with Crippen LogP contribution in [0.1, 0.15) is 0 Å². The molecule has 2 atom stereocenters. The van der Waals surface area contributed by atoms with E-state index in [0.29, 0.717) is 19.7 Å². The molecule has 1 heterocycles. The van der Waals surface area contributed by atoms with Crippen LogP contribution in [-0.2, 0) is 9.53 Å². The lowest BCUT2D eigenvalue weighted by atomic mass is 9.96. The van der Waals surface area contributed by atoms with Crippen molar-refractivity contribution < 1.29 is 19.7 Å². The molecule has 0 unspecified atom stereocenters. The number of ether oxygens (including phenoxy) is 1. The van der Waals surface area contributed by atoms with E-state index in [4.69, 9.17) is 9.84 Å². The normalized spacial score (nSPS) is 23.9. The second-order valence-electron chi connectivity index (χ2n) is 4.91. The molecule has 1 rings (SSSR count). The summed E-state index contributed by atoms with van der Waals surface area (Å²) in [6.45, 7) is 3.11. The molecule has 1 saturated heterocycles. The Kier molecular flexibility index (Phi) is 6.56. The van der Waals surface area contributed by atoms with Crippen molar-refractivity contribution in [3.05, 3.63) is 0 Å². The van der Waals surface area contributed by atoms with Crippen LogP contribution in [0, 0.1) is 11.8 Å². The summed E-state index contributed by atoms with van der Waals surface area (Å²) in [5.74, 6) is 0.105. The van der Waals surface area contributed by atoms with Crippen molar-refractivity contribution in [2.45, 2.75) is 0 Å². The van der Waals surface area contributed by atoms with Gasteiger partial charge in [-0.15, -0.1) is 0 Å². The van der Waals surface area contributed by atoms with Crippen LogP contribution in [0.3, 0.4) is 0 Å². The van der Waals surface area contributed by atoms with Crippen LogP contribution < -0.4 is 0 Å². The molecule has 0 aromatic rings. The summed E-state index contributed by atoms with van der Waals surface area (Å²) in [7, 11) is 3.67. The minimum Gasteiger partial charge on any atom is -0.396 e. The lowest BCUT2D eigenvalue weighted by Gasteiger charge is -2.23. The Hall–Kier alpha value is -0.690. The summed E-state index contributed by atoms with van der Waals surface area (Å²) in [6, 6.07) is 0. The molecule has 106 valence electrons. The number of hydrogen-bond acceptors (Lipinski definition) is 5. The fourth-order valence-corrected chi connectivity index (χ4v) is 2.39. The van der Waals surface area contributed by atoms with E-state index in [2.05, 4.69) is 4.90 Å². The summed E-state index contributed by atoms with van der Waals surface area (Å²) in [5.41, 5.74) is 0. The highest BCUT2D eigenvalue weighted by molar-refractivity contribution is 5.77. The van der Waals surface area contributed by atoms with Crippen molar-refractivity contribution in [1.82, 2.24) is 9.80 Å². The van der Waals surface area contributed by atoms with Crippen molar-refractivity contribution in [2.24, 2.45) is 11.8 Å². The number of carbonyl (C=O) groups is 1. The Balaban J connectivity index is 2.46. The average Bonchev–Trinajstić information content (AvgIpc) is 2.78. The van der Waals surface area contributed by atoms with E-state index < -0.39 is 6.61 Å². The Morgan fingerprint density at radius 1 is 1.39 bits per heavy atom. The van der Waals surface area contributed by atoms with Gasteiger partial charge < -0.3 is 24.7 Å². The van der Waals surface area contributed by atoms with E-state index in [1.165, 1.54) is 0 Å². The Labute approximate surface area is 108 Å². The standard InChI is InChI=1S/C12H24N2O4/c1-13(3-4-18-2)5-10-6-14(12(17)9-16)7-11(10)8-15/h10-11,15-16H,3-9H2,1-2H3/t10-,11-/m1/s1. The zero-order chi connectivity index (χ0) is 13.5. The number of hydrogen-bond donors (Lipinski definition) is 2. The summed E-state index contributed by atoms with van der Waals surface area (Å²) in [5, 5.41) is 18.2. The topological polar surface area (TPSA) is 73.2 Å². The zero-order valence-corrected chi connectivity index (χ0v) is 11.2. The van der Waals surface area contributed by atoms with Crippen LogP contribution in [0.4, 0.5) is 0 Å². The minimum absolute atomic E-state index is 0.0813. The molecule has 2 N–H and O–H groups in total. The van der Waals surface area contributed by atoms with E-state index in [9.17, 15) is 9.90 Å². The zero-order valence-electron chi connectivity index (χ0n) is 11.2. The van der Waals surface area contributed by atoms with Gasteiger partial charge in [-0.1, -0.05) is 0 Å². The van der Waals surface area contributed by atoms with Gasteiger partial charge in [0.1, 0.15) is 6.61 Å². The van der Waals surface area contributed by atoms with Crippen molar-refractivity contribution in [3.8, 4) is 0 Å². The second-order valence-corrected chi connectivity index (χ2v) is 4.91. The first kappa shape index (κ1) is 15.4. The number of aliphatic hydroxyl groups is 2. The molecule has 0 radical (unpaired) electrons. The largest absolute Gasteiger partial charge is 0.396 e. The Morgan fingerprint density at radius 3 is 2.61 bits per heavy atom. The molecule has 18 heavy (non-hydrogen) atoms. The van der Waals surface area contributed by atoms with Gasteiger partial charge in [0.05, 0.1) is 6.61 Å². The predicted octanol–water partition coefficient (Wildman–Crippen LogP) is -1.38. The Bertz CT molecular complexity index is 262. The molecule has 1 aliphatic rings. The molecule has 1 fully saturated rings. The lowest BCUT2D eigenvalue weighted by molar-refractivity contribution is -0.133. The monoisotopic (exact) mass is 260 g/mol. The molecule has 1 aliphatic heterocycles. The number of likely N-dealkylation sites (tertiary alicyclic amines) is 1. The summed E-state index contributed by atoms with van der Waals surface area (Å²) in [4.78, 5) is 15.2. The first-order valence-corrected chi connectivity index (χ1v) is 6.29. The van der Waals surface area contributed by atoms with E-state index in [1.807, 2.05) is 7.05 Å². The molecule has 6 nitrogen and oxygen atoms in total. The van der Waals surface area contributed by atoms with Gasteiger partial charge in [-0.25, -0.2) is 0 Å². The molecule has 0 aliphatic carbocycles. The van der Waals surface area contributed by atoms with E-state index >= 15 is 0 Å². The van der Waals surface area contributed by atoms with Crippen molar-refractivity contribution >= 4 is 5.91 Å². The smallest absolute Gasteiger partial charge is 0.248 e. The summed E-state index contributed by atoms with van der Waals surface area (Å²) in [6.07, 6.45) is 0. The van der Waals surface area contributed by atoms with E-state index in [0.717, 1.165) is 13.1 Å². The fourth-order valence-electron chi connectivity index (χ4n) is 2.39. The molecule has 6 heteroatoms. The van der Waals surface area contributed by atoms with Crippen LogP contribution in [-0.4, -0.2) is 86.1 Å². The van der Waals surface area contributed by atoms with Crippen molar-refractivity contribution in [3.63, 3.8) is 0 Å². The number of amides is 1. The molecule has 1 amide bonds. The fraction of sp³-hybridized carbons (Fsp3) is 0.917. The number of nitrogens with zero attached hydrogens (tertiary/aromatic N) is 2. The highest BCUT2D eigenvalue weighted by Gasteiger charge is 2.34. The van der Waals surface area contributed by atoms with Gasteiger partial charge in [-0.3, -0.25) is 4.79 Å². The quantitative estimate of drug-likeness (QED) is 0.590. The van der Waals surface area contributed by atoms with Gasteiger partial charge in [-0.2, -0.15) is 0 Å². The number of carbonyl (C=O) groups excluding carboxylic acids is 1. The van der Waals surface area contributed by atoms with E-state index in [1.54, 1.807) is 12.0 Å². The third-order valence-corrected chi connectivity index (χ3v) is 3.52. The van der Waals surface area contributed by atoms with Crippen molar-refractivity contribution in [2.75, 3.05) is 60.2 Å². The number of aliphatic hydroxyl groups excluding tert-OH is 2.